The minimum absolute atomic E-state index is 1.10. The van der Waals surface area contributed by atoms with E-state index in [9.17, 15) is 0 Å². The van der Waals surface area contributed by atoms with E-state index in [0.717, 1.165) is 6.42 Å². The monoisotopic (exact) mass is 139 g/mol. The first kappa shape index (κ1) is 7.25. The second kappa shape index (κ2) is 3.34. The lowest BCUT2D eigenvalue weighted by atomic mass is 10.2. The van der Waals surface area contributed by atoms with Crippen molar-refractivity contribution in [3.8, 4) is 0 Å². The summed E-state index contributed by atoms with van der Waals surface area (Å²) < 4.78 is 1.83. The van der Waals surface area contributed by atoms with E-state index < -0.39 is 0 Å². The summed E-state index contributed by atoms with van der Waals surface area (Å²) in [6, 6.07) is 0. The second-order valence-electron chi connectivity index (χ2n) is 2.45. The van der Waals surface area contributed by atoms with E-state index in [0.29, 0.717) is 0 Å². The Balaban J connectivity index is 2.49. The molecule has 0 unspecified atom stereocenters. The molecule has 10 heavy (non-hydrogen) atoms. The van der Waals surface area contributed by atoms with Crippen LogP contribution in [0.1, 0.15) is 25.5 Å². The Morgan fingerprint density at radius 2 is 2.40 bits per heavy atom. The van der Waals surface area contributed by atoms with E-state index in [1.807, 2.05) is 17.9 Å². The molecule has 0 aliphatic rings. The van der Waals surface area contributed by atoms with Gasteiger partial charge in [-0.3, -0.25) is 4.68 Å². The maximum Gasteiger partial charge on any atom is 0.0724 e. The normalized spacial score (nSPS) is 10.2. The maximum absolute atomic E-state index is 3.84. The zero-order valence-corrected chi connectivity index (χ0v) is 6.54. The highest BCUT2D eigenvalue weighted by Gasteiger charge is 1.96. The van der Waals surface area contributed by atoms with Crippen LogP contribution in [0.5, 0.6) is 0 Å². The number of aromatic nitrogens is 3. The molecule has 3 nitrogen and oxygen atoms in total. The van der Waals surface area contributed by atoms with Crippen molar-refractivity contribution in [1.29, 1.82) is 0 Å². The molecule has 0 aromatic carbocycles. The number of hydrogen-bond donors (Lipinski definition) is 0. The fourth-order valence-corrected chi connectivity index (χ4v) is 0.895. The van der Waals surface area contributed by atoms with Gasteiger partial charge in [-0.2, -0.15) is 0 Å². The molecular formula is C7H13N3. The molecule has 0 amide bonds. The molecule has 0 atom stereocenters. The second-order valence-corrected chi connectivity index (χ2v) is 2.45. The molecule has 0 saturated carbocycles. The Labute approximate surface area is 61.1 Å². The molecule has 0 aliphatic carbocycles. The van der Waals surface area contributed by atoms with Crippen molar-refractivity contribution in [2.45, 2.75) is 26.2 Å². The van der Waals surface area contributed by atoms with Gasteiger partial charge in [0.25, 0.3) is 0 Å². The largest absolute Gasteiger partial charge is 0.252 e. The van der Waals surface area contributed by atoms with Gasteiger partial charge in [0, 0.05) is 7.05 Å². The molecular weight excluding hydrogens is 126 g/mol. The van der Waals surface area contributed by atoms with Crippen molar-refractivity contribution in [3.63, 3.8) is 0 Å². The van der Waals surface area contributed by atoms with Crippen LogP contribution in [0.15, 0.2) is 6.20 Å². The van der Waals surface area contributed by atoms with Gasteiger partial charge in [-0.25, -0.2) is 0 Å². The summed E-state index contributed by atoms with van der Waals surface area (Å²) in [6.45, 7) is 2.18. The van der Waals surface area contributed by atoms with Gasteiger partial charge in [0.05, 0.1) is 11.9 Å². The van der Waals surface area contributed by atoms with Gasteiger partial charge in [0.1, 0.15) is 0 Å². The third-order valence-electron chi connectivity index (χ3n) is 1.59. The molecule has 1 aromatic rings. The molecule has 0 fully saturated rings. The van der Waals surface area contributed by atoms with E-state index in [2.05, 4.69) is 17.2 Å². The summed E-state index contributed by atoms with van der Waals surface area (Å²) in [7, 11) is 1.93. The molecule has 0 saturated heterocycles. The van der Waals surface area contributed by atoms with Crippen molar-refractivity contribution in [1.82, 2.24) is 15.0 Å². The molecule has 0 spiro atoms. The summed E-state index contributed by atoms with van der Waals surface area (Å²) >= 11 is 0. The topological polar surface area (TPSA) is 30.7 Å². The van der Waals surface area contributed by atoms with E-state index in [4.69, 9.17) is 0 Å². The van der Waals surface area contributed by atoms with Crippen LogP contribution in [0, 0.1) is 0 Å². The SMILES string of the molecule is CCCCc1cnnn1C. The highest BCUT2D eigenvalue weighted by Crippen LogP contribution is 2.00. The zero-order valence-electron chi connectivity index (χ0n) is 6.54. The van der Waals surface area contributed by atoms with E-state index in [1.165, 1.54) is 18.5 Å². The van der Waals surface area contributed by atoms with Crippen molar-refractivity contribution in [2.75, 3.05) is 0 Å². The summed E-state index contributed by atoms with van der Waals surface area (Å²) in [4.78, 5) is 0. The molecule has 1 rings (SSSR count). The Morgan fingerprint density at radius 1 is 1.60 bits per heavy atom. The predicted molar refractivity (Wildman–Crippen MR) is 39.6 cm³/mol. The first-order chi connectivity index (χ1) is 4.84. The lowest BCUT2D eigenvalue weighted by Crippen LogP contribution is -1.97. The Kier molecular flexibility index (Phi) is 2.42. The van der Waals surface area contributed by atoms with Gasteiger partial charge < -0.3 is 0 Å². The third-order valence-corrected chi connectivity index (χ3v) is 1.59. The van der Waals surface area contributed by atoms with Crippen molar-refractivity contribution < 1.29 is 0 Å². The molecule has 3 heteroatoms. The van der Waals surface area contributed by atoms with Crippen LogP contribution in [-0.4, -0.2) is 15.0 Å². The molecule has 1 heterocycles. The summed E-state index contributed by atoms with van der Waals surface area (Å²) in [5.41, 5.74) is 1.22. The number of hydrogen-bond acceptors (Lipinski definition) is 2. The quantitative estimate of drug-likeness (QED) is 0.629. The van der Waals surface area contributed by atoms with Crippen LogP contribution in [0.2, 0.25) is 0 Å². The Morgan fingerprint density at radius 3 is 2.90 bits per heavy atom. The van der Waals surface area contributed by atoms with Crippen LogP contribution in [0.25, 0.3) is 0 Å². The first-order valence-electron chi connectivity index (χ1n) is 3.68. The van der Waals surface area contributed by atoms with Crippen molar-refractivity contribution in [2.24, 2.45) is 7.05 Å². The standard InChI is InChI=1S/C7H13N3/c1-3-4-5-7-6-8-9-10(7)2/h6H,3-5H2,1-2H3. The number of unbranched alkanes of at least 4 members (excludes halogenated alkanes) is 1. The highest BCUT2D eigenvalue weighted by atomic mass is 15.4. The fourth-order valence-electron chi connectivity index (χ4n) is 0.895. The minimum Gasteiger partial charge on any atom is -0.252 e. The van der Waals surface area contributed by atoms with Crippen LogP contribution in [-0.2, 0) is 13.5 Å². The number of nitrogens with zero attached hydrogens (tertiary/aromatic N) is 3. The maximum atomic E-state index is 3.84. The third kappa shape index (κ3) is 1.56. The molecule has 0 bridgehead atoms. The molecule has 0 aliphatic heterocycles. The van der Waals surface area contributed by atoms with Gasteiger partial charge >= 0.3 is 0 Å². The van der Waals surface area contributed by atoms with Crippen LogP contribution in [0.3, 0.4) is 0 Å². The van der Waals surface area contributed by atoms with Crippen LogP contribution >= 0.6 is 0 Å². The Hall–Kier alpha value is -0.860. The smallest absolute Gasteiger partial charge is 0.0724 e. The van der Waals surface area contributed by atoms with Crippen LogP contribution in [0.4, 0.5) is 0 Å². The van der Waals surface area contributed by atoms with E-state index in [1.54, 1.807) is 0 Å². The average Bonchev–Trinajstić information content (AvgIpc) is 2.31. The van der Waals surface area contributed by atoms with Gasteiger partial charge in [0.15, 0.2) is 0 Å². The zero-order chi connectivity index (χ0) is 7.40. The molecule has 1 aromatic heterocycles. The lowest BCUT2D eigenvalue weighted by Gasteiger charge is -1.96. The summed E-state index contributed by atoms with van der Waals surface area (Å²) in [5, 5.41) is 7.62. The van der Waals surface area contributed by atoms with Gasteiger partial charge in [-0.15, -0.1) is 5.10 Å². The van der Waals surface area contributed by atoms with Gasteiger partial charge in [-0.05, 0) is 12.8 Å². The Bertz CT molecular complexity index is 192. The van der Waals surface area contributed by atoms with Gasteiger partial charge in [-0.1, -0.05) is 18.6 Å². The van der Waals surface area contributed by atoms with Crippen molar-refractivity contribution >= 4 is 0 Å². The highest BCUT2D eigenvalue weighted by molar-refractivity contribution is 4.92. The summed E-state index contributed by atoms with van der Waals surface area (Å²) in [5.74, 6) is 0. The lowest BCUT2D eigenvalue weighted by molar-refractivity contribution is 0.655. The fraction of sp³-hybridized carbons (Fsp3) is 0.714. The van der Waals surface area contributed by atoms with Crippen LogP contribution < -0.4 is 0 Å². The number of aryl methyl sites for hydroxylation is 2. The van der Waals surface area contributed by atoms with Crippen molar-refractivity contribution in [3.05, 3.63) is 11.9 Å². The molecule has 0 N–H and O–H groups in total. The molecule has 56 valence electrons. The van der Waals surface area contributed by atoms with E-state index >= 15 is 0 Å². The minimum atomic E-state index is 1.10. The summed E-state index contributed by atoms with van der Waals surface area (Å²) in [6.07, 6.45) is 5.38. The van der Waals surface area contributed by atoms with Gasteiger partial charge in [0.2, 0.25) is 0 Å². The number of rotatable bonds is 3. The predicted octanol–water partition coefficient (Wildman–Crippen LogP) is 1.16. The average molecular weight is 139 g/mol. The first-order valence-corrected chi connectivity index (χ1v) is 3.68. The molecule has 0 radical (unpaired) electrons. The van der Waals surface area contributed by atoms with E-state index in [-0.39, 0.29) is 0 Å².